The highest BCUT2D eigenvalue weighted by atomic mass is 35.5. The van der Waals surface area contributed by atoms with Crippen LogP contribution in [0, 0.1) is 0 Å². The number of halogens is 1. The third-order valence-electron chi connectivity index (χ3n) is 4.92. The summed E-state index contributed by atoms with van der Waals surface area (Å²) in [6.45, 7) is 1.56. The number of rotatable bonds is 7. The van der Waals surface area contributed by atoms with Gasteiger partial charge in [-0.1, -0.05) is 42.3 Å². The normalized spacial score (nSPS) is 15.3. The molecule has 28 heavy (non-hydrogen) atoms. The summed E-state index contributed by atoms with van der Waals surface area (Å²) in [6.07, 6.45) is 3.96. The molecule has 3 rings (SSSR count). The van der Waals surface area contributed by atoms with Gasteiger partial charge in [0.15, 0.2) is 0 Å². The summed E-state index contributed by atoms with van der Waals surface area (Å²) in [6, 6.07) is 14.2. The molecular weight excluding hydrogens is 396 g/mol. The Morgan fingerprint density at radius 2 is 1.54 bits per heavy atom. The Labute approximate surface area is 171 Å². The van der Waals surface area contributed by atoms with E-state index in [1.54, 1.807) is 28.6 Å². The van der Waals surface area contributed by atoms with Crippen molar-refractivity contribution in [1.82, 2.24) is 9.62 Å². The van der Waals surface area contributed by atoms with Gasteiger partial charge in [0.05, 0.1) is 4.90 Å². The fourth-order valence-electron chi connectivity index (χ4n) is 3.23. The van der Waals surface area contributed by atoms with E-state index in [4.69, 9.17) is 11.6 Å². The molecule has 7 heteroatoms. The van der Waals surface area contributed by atoms with E-state index in [9.17, 15) is 13.2 Å². The highest BCUT2D eigenvalue weighted by Gasteiger charge is 2.25. The first-order valence-corrected chi connectivity index (χ1v) is 11.4. The Morgan fingerprint density at radius 1 is 0.929 bits per heavy atom. The molecule has 0 atom stereocenters. The number of carbonyl (C=O) groups excluding carboxylic acids is 1. The predicted molar refractivity (Wildman–Crippen MR) is 111 cm³/mol. The van der Waals surface area contributed by atoms with Crippen molar-refractivity contribution in [2.75, 3.05) is 13.1 Å². The number of carbonyl (C=O) groups is 1. The van der Waals surface area contributed by atoms with Gasteiger partial charge in [0, 0.05) is 31.1 Å². The molecule has 1 saturated heterocycles. The van der Waals surface area contributed by atoms with Crippen LogP contribution in [0.2, 0.25) is 5.02 Å². The van der Waals surface area contributed by atoms with Gasteiger partial charge in [-0.05, 0) is 54.7 Å². The topological polar surface area (TPSA) is 66.5 Å². The van der Waals surface area contributed by atoms with Crippen LogP contribution in [0.5, 0.6) is 0 Å². The summed E-state index contributed by atoms with van der Waals surface area (Å²) in [5.41, 5.74) is 1.93. The molecule has 0 aromatic heterocycles. The number of nitrogens with one attached hydrogen (secondary N) is 1. The maximum Gasteiger partial charge on any atom is 0.243 e. The van der Waals surface area contributed by atoms with Gasteiger partial charge in [-0.3, -0.25) is 4.79 Å². The average molecular weight is 421 g/mol. The van der Waals surface area contributed by atoms with Crippen LogP contribution in [0.3, 0.4) is 0 Å². The monoisotopic (exact) mass is 420 g/mol. The molecular formula is C21H25ClN2O3S. The molecule has 1 aliphatic rings. The highest BCUT2D eigenvalue weighted by molar-refractivity contribution is 7.89. The molecule has 1 amide bonds. The van der Waals surface area contributed by atoms with Gasteiger partial charge in [-0.15, -0.1) is 0 Å². The molecule has 0 spiro atoms. The van der Waals surface area contributed by atoms with E-state index < -0.39 is 10.0 Å². The zero-order valence-corrected chi connectivity index (χ0v) is 17.3. The fraction of sp³-hybridized carbons (Fsp3) is 0.381. The van der Waals surface area contributed by atoms with E-state index in [1.807, 2.05) is 24.3 Å². The van der Waals surface area contributed by atoms with Gasteiger partial charge < -0.3 is 5.32 Å². The van der Waals surface area contributed by atoms with Gasteiger partial charge in [0.1, 0.15) is 0 Å². The second kappa shape index (κ2) is 9.54. The van der Waals surface area contributed by atoms with Gasteiger partial charge >= 0.3 is 0 Å². The lowest BCUT2D eigenvalue weighted by atomic mass is 10.1. The first kappa shape index (κ1) is 20.8. The molecule has 0 radical (unpaired) electrons. The molecule has 1 heterocycles. The minimum atomic E-state index is -3.42. The summed E-state index contributed by atoms with van der Waals surface area (Å²) >= 11 is 5.86. The molecule has 1 N–H and O–H groups in total. The van der Waals surface area contributed by atoms with E-state index in [0.29, 0.717) is 42.4 Å². The quantitative estimate of drug-likeness (QED) is 0.741. The number of hydrogen-bond donors (Lipinski definition) is 1. The largest absolute Gasteiger partial charge is 0.352 e. The van der Waals surface area contributed by atoms with Crippen LogP contribution in [0.25, 0.3) is 0 Å². The van der Waals surface area contributed by atoms with Crippen molar-refractivity contribution in [2.24, 2.45) is 0 Å². The van der Waals surface area contributed by atoms with E-state index in [0.717, 1.165) is 30.4 Å². The van der Waals surface area contributed by atoms with E-state index >= 15 is 0 Å². The molecule has 0 saturated carbocycles. The van der Waals surface area contributed by atoms with Crippen LogP contribution in [0.4, 0.5) is 0 Å². The zero-order valence-electron chi connectivity index (χ0n) is 15.7. The minimum absolute atomic E-state index is 0.0417. The fourth-order valence-corrected chi connectivity index (χ4v) is 4.87. The number of sulfonamides is 1. The van der Waals surface area contributed by atoms with Crippen molar-refractivity contribution in [2.45, 2.75) is 43.5 Å². The van der Waals surface area contributed by atoms with Crippen molar-refractivity contribution in [3.8, 4) is 0 Å². The Morgan fingerprint density at radius 3 is 2.18 bits per heavy atom. The van der Waals surface area contributed by atoms with Gasteiger partial charge in [0.2, 0.25) is 15.9 Å². The smallest absolute Gasteiger partial charge is 0.243 e. The van der Waals surface area contributed by atoms with Gasteiger partial charge in [-0.25, -0.2) is 8.42 Å². The lowest BCUT2D eigenvalue weighted by Gasteiger charge is -2.25. The second-order valence-corrected chi connectivity index (χ2v) is 9.39. The molecule has 0 aliphatic carbocycles. The van der Waals surface area contributed by atoms with Crippen LogP contribution in [0.15, 0.2) is 53.4 Å². The molecule has 5 nitrogen and oxygen atoms in total. The third kappa shape index (κ3) is 5.56. The number of piperidine rings is 1. The SMILES string of the molecule is O=C(CCc1ccc(Cl)cc1)NCc1ccc(S(=O)(=O)N2CCCCC2)cc1. The molecule has 0 bridgehead atoms. The summed E-state index contributed by atoms with van der Waals surface area (Å²) < 4.78 is 26.9. The summed E-state index contributed by atoms with van der Waals surface area (Å²) in [7, 11) is -3.42. The van der Waals surface area contributed by atoms with E-state index in [2.05, 4.69) is 5.32 Å². The molecule has 1 aliphatic heterocycles. The lowest BCUT2D eigenvalue weighted by Crippen LogP contribution is -2.35. The van der Waals surface area contributed by atoms with E-state index in [-0.39, 0.29) is 5.91 Å². The van der Waals surface area contributed by atoms with Crippen LogP contribution in [0.1, 0.15) is 36.8 Å². The number of benzene rings is 2. The number of hydrogen-bond acceptors (Lipinski definition) is 3. The molecule has 2 aromatic rings. The molecule has 150 valence electrons. The number of aryl methyl sites for hydroxylation is 1. The van der Waals surface area contributed by atoms with Crippen molar-refractivity contribution < 1.29 is 13.2 Å². The Kier molecular flexibility index (Phi) is 7.10. The Hall–Kier alpha value is -1.89. The van der Waals surface area contributed by atoms with Crippen molar-refractivity contribution in [3.63, 3.8) is 0 Å². The first-order chi connectivity index (χ1) is 13.4. The molecule has 2 aromatic carbocycles. The third-order valence-corrected chi connectivity index (χ3v) is 7.08. The minimum Gasteiger partial charge on any atom is -0.352 e. The highest BCUT2D eigenvalue weighted by Crippen LogP contribution is 2.20. The Bertz CT molecular complexity index is 890. The van der Waals surface area contributed by atoms with Crippen LogP contribution < -0.4 is 5.32 Å². The van der Waals surface area contributed by atoms with Crippen molar-refractivity contribution >= 4 is 27.5 Å². The summed E-state index contributed by atoms with van der Waals surface area (Å²) in [4.78, 5) is 12.4. The van der Waals surface area contributed by atoms with Crippen molar-refractivity contribution in [3.05, 3.63) is 64.7 Å². The maximum absolute atomic E-state index is 12.7. The summed E-state index contributed by atoms with van der Waals surface area (Å²) in [5.74, 6) is -0.0417. The zero-order chi connectivity index (χ0) is 20.0. The van der Waals surface area contributed by atoms with E-state index in [1.165, 1.54) is 0 Å². The van der Waals surface area contributed by atoms with Crippen LogP contribution in [-0.2, 0) is 27.8 Å². The lowest BCUT2D eigenvalue weighted by molar-refractivity contribution is -0.121. The second-order valence-electron chi connectivity index (χ2n) is 7.01. The number of nitrogens with zero attached hydrogens (tertiary/aromatic N) is 1. The van der Waals surface area contributed by atoms with Crippen molar-refractivity contribution in [1.29, 1.82) is 0 Å². The summed E-state index contributed by atoms with van der Waals surface area (Å²) in [5, 5.41) is 3.56. The van der Waals surface area contributed by atoms with Crippen LogP contribution >= 0.6 is 11.6 Å². The van der Waals surface area contributed by atoms with Gasteiger partial charge in [-0.2, -0.15) is 4.31 Å². The molecule has 1 fully saturated rings. The van der Waals surface area contributed by atoms with Gasteiger partial charge in [0.25, 0.3) is 0 Å². The molecule has 0 unspecified atom stereocenters. The predicted octanol–water partition coefficient (Wildman–Crippen LogP) is 3.76. The Balaban J connectivity index is 1.49. The number of amides is 1. The maximum atomic E-state index is 12.7. The standard InChI is InChI=1S/C21H25ClN2O3S/c22-19-9-4-17(5-10-19)8-13-21(25)23-16-18-6-11-20(12-7-18)28(26,27)24-14-2-1-3-15-24/h4-7,9-12H,1-3,8,13-16H2,(H,23,25). The average Bonchev–Trinajstić information content (AvgIpc) is 2.73. The first-order valence-electron chi connectivity index (χ1n) is 9.55. The van der Waals surface area contributed by atoms with Crippen LogP contribution in [-0.4, -0.2) is 31.7 Å².